The Hall–Kier alpha value is -1.09. The van der Waals surface area contributed by atoms with E-state index >= 15 is 0 Å². The van der Waals surface area contributed by atoms with Crippen LogP contribution in [0.4, 0.5) is 0 Å². The van der Waals surface area contributed by atoms with Crippen molar-refractivity contribution >= 4 is 5.78 Å². The van der Waals surface area contributed by atoms with Gasteiger partial charge in [-0.2, -0.15) is 0 Å². The molecule has 1 fully saturated rings. The van der Waals surface area contributed by atoms with Crippen LogP contribution in [0.3, 0.4) is 0 Å². The molecule has 0 radical (unpaired) electrons. The number of hydrogen-bond acceptors (Lipinski definition) is 2. The van der Waals surface area contributed by atoms with Crippen molar-refractivity contribution in [2.24, 2.45) is 0 Å². The van der Waals surface area contributed by atoms with Crippen molar-refractivity contribution in [3.05, 3.63) is 24.0 Å². The van der Waals surface area contributed by atoms with Gasteiger partial charge in [0.1, 0.15) is 5.60 Å². The van der Waals surface area contributed by atoms with Gasteiger partial charge >= 0.3 is 0 Å². The molecule has 0 amide bonds. The molecule has 1 aromatic heterocycles. The lowest BCUT2D eigenvalue weighted by Crippen LogP contribution is -2.38. The number of carbonyl (C=O) groups excluding carboxylic acids is 1. The van der Waals surface area contributed by atoms with E-state index in [1.54, 1.807) is 18.3 Å². The lowest BCUT2D eigenvalue weighted by Gasteiger charge is -2.24. The van der Waals surface area contributed by atoms with Gasteiger partial charge in [-0.3, -0.25) is 4.79 Å². The Labute approximate surface area is 89.5 Å². The minimum atomic E-state index is -1.12. The van der Waals surface area contributed by atoms with Crippen molar-refractivity contribution in [2.45, 2.75) is 44.1 Å². The summed E-state index contributed by atoms with van der Waals surface area (Å²) in [6.07, 6.45) is 7.07. The summed E-state index contributed by atoms with van der Waals surface area (Å²) in [6.45, 7) is 0. The number of H-pyrrole nitrogens is 1. The monoisotopic (exact) mass is 207 g/mol. The van der Waals surface area contributed by atoms with Gasteiger partial charge in [-0.25, -0.2) is 0 Å². The van der Waals surface area contributed by atoms with Gasteiger partial charge in [0.2, 0.25) is 5.78 Å². The molecule has 3 nitrogen and oxygen atoms in total. The first-order chi connectivity index (χ1) is 7.22. The molecule has 0 bridgehead atoms. The Kier molecular flexibility index (Phi) is 2.91. The fourth-order valence-electron chi connectivity index (χ4n) is 2.26. The lowest BCUT2D eigenvalue weighted by molar-refractivity contribution is 0.0233. The second-order valence-electron chi connectivity index (χ2n) is 4.36. The first kappa shape index (κ1) is 10.4. The Balaban J connectivity index is 2.16. The molecule has 2 rings (SSSR count). The summed E-state index contributed by atoms with van der Waals surface area (Å²) in [6, 6.07) is 3.51. The molecule has 0 aliphatic heterocycles. The molecule has 3 heteroatoms. The maximum Gasteiger partial charge on any atom is 0.210 e. The molecule has 1 aliphatic carbocycles. The summed E-state index contributed by atoms with van der Waals surface area (Å²) < 4.78 is 0. The van der Waals surface area contributed by atoms with Crippen molar-refractivity contribution in [1.29, 1.82) is 0 Å². The highest BCUT2D eigenvalue weighted by molar-refractivity contribution is 6.00. The predicted molar refractivity (Wildman–Crippen MR) is 57.8 cm³/mol. The zero-order valence-corrected chi connectivity index (χ0v) is 8.83. The summed E-state index contributed by atoms with van der Waals surface area (Å²) in [5, 5.41) is 10.3. The van der Waals surface area contributed by atoms with Crippen LogP contribution in [0.5, 0.6) is 0 Å². The fourth-order valence-corrected chi connectivity index (χ4v) is 2.26. The Bertz CT molecular complexity index is 321. The molecule has 1 aromatic rings. The van der Waals surface area contributed by atoms with Crippen molar-refractivity contribution in [3.8, 4) is 0 Å². The third kappa shape index (κ3) is 2.12. The zero-order valence-electron chi connectivity index (χ0n) is 8.83. The smallest absolute Gasteiger partial charge is 0.210 e. The van der Waals surface area contributed by atoms with Gasteiger partial charge in [0, 0.05) is 6.20 Å². The minimum Gasteiger partial charge on any atom is -0.382 e. The Morgan fingerprint density at radius 1 is 1.27 bits per heavy atom. The molecular formula is C12H17NO2. The highest BCUT2D eigenvalue weighted by atomic mass is 16.3. The van der Waals surface area contributed by atoms with Crippen molar-refractivity contribution in [1.82, 2.24) is 4.98 Å². The van der Waals surface area contributed by atoms with E-state index in [1.165, 1.54) is 0 Å². The van der Waals surface area contributed by atoms with Crippen molar-refractivity contribution in [3.63, 3.8) is 0 Å². The average molecular weight is 207 g/mol. The summed E-state index contributed by atoms with van der Waals surface area (Å²) in [5.41, 5.74) is -0.596. The zero-order chi connectivity index (χ0) is 10.7. The number of aromatic nitrogens is 1. The summed E-state index contributed by atoms with van der Waals surface area (Å²) in [5.74, 6) is -0.144. The molecule has 1 heterocycles. The van der Waals surface area contributed by atoms with Gasteiger partial charge in [0.05, 0.1) is 5.69 Å². The van der Waals surface area contributed by atoms with Gasteiger partial charge < -0.3 is 10.1 Å². The van der Waals surface area contributed by atoms with E-state index in [1.807, 2.05) is 0 Å². The third-order valence-corrected chi connectivity index (χ3v) is 3.20. The van der Waals surface area contributed by atoms with E-state index in [2.05, 4.69) is 4.98 Å². The van der Waals surface area contributed by atoms with Gasteiger partial charge in [0.15, 0.2) is 0 Å². The topological polar surface area (TPSA) is 53.1 Å². The molecule has 1 saturated carbocycles. The molecule has 82 valence electrons. The normalized spacial score (nSPS) is 20.9. The van der Waals surface area contributed by atoms with Crippen LogP contribution in [0.1, 0.15) is 49.0 Å². The molecule has 0 spiro atoms. The van der Waals surface area contributed by atoms with Gasteiger partial charge in [-0.15, -0.1) is 0 Å². The van der Waals surface area contributed by atoms with E-state index in [-0.39, 0.29) is 5.78 Å². The Morgan fingerprint density at radius 2 is 1.93 bits per heavy atom. The maximum absolute atomic E-state index is 12.1. The number of carbonyl (C=O) groups is 1. The van der Waals surface area contributed by atoms with Crippen molar-refractivity contribution < 1.29 is 9.90 Å². The van der Waals surface area contributed by atoms with Gasteiger partial charge in [-0.05, 0) is 25.0 Å². The molecule has 0 saturated heterocycles. The summed E-state index contributed by atoms with van der Waals surface area (Å²) >= 11 is 0. The highest BCUT2D eigenvalue weighted by Gasteiger charge is 2.36. The molecule has 1 aliphatic rings. The minimum absolute atomic E-state index is 0.144. The predicted octanol–water partition coefficient (Wildman–Crippen LogP) is 2.28. The van der Waals surface area contributed by atoms with Crippen LogP contribution in [0.2, 0.25) is 0 Å². The number of aromatic amines is 1. The molecule has 0 atom stereocenters. The molecule has 2 N–H and O–H groups in total. The number of ketones is 1. The Morgan fingerprint density at radius 3 is 2.47 bits per heavy atom. The number of rotatable bonds is 2. The van der Waals surface area contributed by atoms with E-state index in [9.17, 15) is 9.90 Å². The SMILES string of the molecule is O=C(c1ccc[nH]1)C1(O)CCCCCC1. The first-order valence-electron chi connectivity index (χ1n) is 5.63. The highest BCUT2D eigenvalue weighted by Crippen LogP contribution is 2.29. The molecule has 0 unspecified atom stereocenters. The van der Waals surface area contributed by atoms with Crippen LogP contribution >= 0.6 is 0 Å². The standard InChI is InChI=1S/C12H17NO2/c14-11(10-6-5-9-13-10)12(15)7-3-1-2-4-8-12/h5-6,9,13,15H,1-4,7-8H2. The van der Waals surface area contributed by atoms with E-state index < -0.39 is 5.60 Å². The third-order valence-electron chi connectivity index (χ3n) is 3.20. The lowest BCUT2D eigenvalue weighted by atomic mass is 9.88. The quantitative estimate of drug-likeness (QED) is 0.577. The van der Waals surface area contributed by atoms with Crippen LogP contribution < -0.4 is 0 Å². The van der Waals surface area contributed by atoms with E-state index in [0.717, 1.165) is 25.7 Å². The summed E-state index contributed by atoms with van der Waals surface area (Å²) in [4.78, 5) is 14.9. The number of Topliss-reactive ketones (excluding diaryl/α,β-unsaturated/α-hetero) is 1. The summed E-state index contributed by atoms with van der Waals surface area (Å²) in [7, 11) is 0. The van der Waals surface area contributed by atoms with Crippen LogP contribution in [-0.4, -0.2) is 21.5 Å². The second-order valence-corrected chi connectivity index (χ2v) is 4.36. The fraction of sp³-hybridized carbons (Fsp3) is 0.583. The second kappa shape index (κ2) is 4.19. The largest absolute Gasteiger partial charge is 0.382 e. The van der Waals surface area contributed by atoms with E-state index in [4.69, 9.17) is 0 Å². The van der Waals surface area contributed by atoms with E-state index in [0.29, 0.717) is 18.5 Å². The number of hydrogen-bond donors (Lipinski definition) is 2. The van der Waals surface area contributed by atoms with Crippen LogP contribution in [-0.2, 0) is 0 Å². The molecule has 0 aromatic carbocycles. The van der Waals surface area contributed by atoms with Crippen LogP contribution in [0.25, 0.3) is 0 Å². The first-order valence-corrected chi connectivity index (χ1v) is 5.63. The molecular weight excluding hydrogens is 190 g/mol. The average Bonchev–Trinajstić information content (AvgIpc) is 2.67. The van der Waals surface area contributed by atoms with Crippen LogP contribution in [0.15, 0.2) is 18.3 Å². The van der Waals surface area contributed by atoms with Gasteiger partial charge in [-0.1, -0.05) is 25.7 Å². The van der Waals surface area contributed by atoms with Crippen molar-refractivity contribution in [2.75, 3.05) is 0 Å². The molecule has 15 heavy (non-hydrogen) atoms. The van der Waals surface area contributed by atoms with Crippen LogP contribution in [0, 0.1) is 0 Å². The number of nitrogens with one attached hydrogen (secondary N) is 1. The van der Waals surface area contributed by atoms with Gasteiger partial charge in [0.25, 0.3) is 0 Å². The number of aliphatic hydroxyl groups is 1. The maximum atomic E-state index is 12.1.